The molecule has 9 heteroatoms. The summed E-state index contributed by atoms with van der Waals surface area (Å²) in [6.45, 7) is 0.236. The lowest BCUT2D eigenvalue weighted by Crippen LogP contribution is -2.23. The van der Waals surface area contributed by atoms with Crippen molar-refractivity contribution < 1.29 is 9.72 Å². The summed E-state index contributed by atoms with van der Waals surface area (Å²) in [5, 5.41) is 14.4. The summed E-state index contributed by atoms with van der Waals surface area (Å²) in [7, 11) is 0. The fraction of sp³-hybridized carbons (Fsp3) is 0.0625. The summed E-state index contributed by atoms with van der Waals surface area (Å²) in [6.07, 6.45) is 6.11. The molecule has 1 N–H and O–H groups in total. The largest absolute Gasteiger partial charge is 0.348 e. The third-order valence-corrected chi connectivity index (χ3v) is 3.68. The minimum Gasteiger partial charge on any atom is -0.348 e. The molecule has 0 aliphatic carbocycles. The average molecular weight is 358 g/mol. The van der Waals surface area contributed by atoms with E-state index in [1.807, 2.05) is 0 Å². The molecule has 0 saturated heterocycles. The number of benzene rings is 1. The van der Waals surface area contributed by atoms with Crippen molar-refractivity contribution >= 4 is 23.2 Å². The zero-order chi connectivity index (χ0) is 17.8. The number of hydrogen-bond donors (Lipinski definition) is 1. The molecule has 126 valence electrons. The van der Waals surface area contributed by atoms with Crippen LogP contribution in [0, 0.1) is 10.1 Å². The lowest BCUT2D eigenvalue weighted by Gasteiger charge is -2.08. The van der Waals surface area contributed by atoms with Crippen LogP contribution in [-0.2, 0) is 6.54 Å². The molecule has 1 amide bonds. The average Bonchev–Trinajstić information content (AvgIpc) is 3.15. The Bertz CT molecular complexity index is 910. The monoisotopic (exact) mass is 357 g/mol. The van der Waals surface area contributed by atoms with E-state index in [4.69, 9.17) is 11.6 Å². The van der Waals surface area contributed by atoms with E-state index in [1.54, 1.807) is 24.5 Å². The van der Waals surface area contributed by atoms with Gasteiger partial charge in [-0.2, -0.15) is 0 Å². The number of pyridine rings is 1. The minimum atomic E-state index is -0.533. The van der Waals surface area contributed by atoms with Crippen LogP contribution in [-0.4, -0.2) is 25.4 Å². The minimum absolute atomic E-state index is 0.182. The second kappa shape index (κ2) is 7.10. The van der Waals surface area contributed by atoms with Gasteiger partial charge in [-0.15, -0.1) is 0 Å². The highest BCUT2D eigenvalue weighted by atomic mass is 35.5. The Kier molecular flexibility index (Phi) is 4.71. The van der Waals surface area contributed by atoms with Gasteiger partial charge < -0.3 is 9.88 Å². The van der Waals surface area contributed by atoms with Crippen molar-refractivity contribution in [2.75, 3.05) is 0 Å². The van der Waals surface area contributed by atoms with Crippen LogP contribution in [0.1, 0.15) is 15.9 Å². The summed E-state index contributed by atoms with van der Waals surface area (Å²) in [5.74, 6) is -0.421. The number of nitrogens with zero attached hydrogens (tertiary/aromatic N) is 4. The van der Waals surface area contributed by atoms with E-state index in [1.165, 1.54) is 35.3 Å². The summed E-state index contributed by atoms with van der Waals surface area (Å²) in [5.41, 5.74) is 1.11. The van der Waals surface area contributed by atoms with E-state index < -0.39 is 10.8 Å². The number of aromatic nitrogens is 3. The summed E-state index contributed by atoms with van der Waals surface area (Å²) in [4.78, 5) is 30.8. The van der Waals surface area contributed by atoms with E-state index in [2.05, 4.69) is 15.3 Å². The van der Waals surface area contributed by atoms with Gasteiger partial charge in [0.2, 0.25) is 0 Å². The molecule has 0 atom stereocenters. The molecule has 2 aromatic heterocycles. The molecule has 1 aromatic carbocycles. The normalized spacial score (nSPS) is 10.4. The number of amides is 1. The van der Waals surface area contributed by atoms with Crippen LogP contribution in [0.2, 0.25) is 5.15 Å². The van der Waals surface area contributed by atoms with Crippen molar-refractivity contribution in [2.24, 2.45) is 0 Å². The molecule has 0 unspecified atom stereocenters. The third-order valence-electron chi connectivity index (χ3n) is 3.46. The molecule has 0 bridgehead atoms. The first-order valence-electron chi connectivity index (χ1n) is 7.20. The molecule has 0 fully saturated rings. The van der Waals surface area contributed by atoms with E-state index in [9.17, 15) is 14.9 Å². The van der Waals surface area contributed by atoms with Crippen LogP contribution >= 0.6 is 11.6 Å². The number of carbonyl (C=O) groups excluding carboxylic acids is 1. The van der Waals surface area contributed by atoms with Crippen LogP contribution in [0.25, 0.3) is 5.69 Å². The van der Waals surface area contributed by atoms with Gasteiger partial charge in [0.05, 0.1) is 11.3 Å². The summed E-state index contributed by atoms with van der Waals surface area (Å²) < 4.78 is 1.51. The molecule has 2 heterocycles. The molecular weight excluding hydrogens is 346 g/mol. The topological polar surface area (TPSA) is 103 Å². The van der Waals surface area contributed by atoms with Crippen LogP contribution in [0.15, 0.2) is 55.2 Å². The van der Waals surface area contributed by atoms with Crippen molar-refractivity contribution in [2.45, 2.75) is 6.54 Å². The molecular formula is C16H12ClN5O3. The molecule has 0 aliphatic heterocycles. The number of rotatable bonds is 5. The Labute approximate surface area is 147 Å². The fourth-order valence-corrected chi connectivity index (χ4v) is 2.34. The van der Waals surface area contributed by atoms with Gasteiger partial charge in [0, 0.05) is 36.8 Å². The van der Waals surface area contributed by atoms with Crippen LogP contribution in [0.5, 0.6) is 0 Å². The van der Waals surface area contributed by atoms with Gasteiger partial charge in [-0.1, -0.05) is 17.7 Å². The second-order valence-corrected chi connectivity index (χ2v) is 5.49. The molecule has 0 aliphatic rings. The lowest BCUT2D eigenvalue weighted by molar-refractivity contribution is -0.384. The number of halogens is 1. The Morgan fingerprint density at radius 1 is 1.32 bits per heavy atom. The standard InChI is InChI=1S/C16H12ClN5O3/c17-15-4-1-11(8-19-15)9-20-16(23)12-2-3-13(14(7-12)22(24)25)21-6-5-18-10-21/h1-8,10H,9H2,(H,20,23). The molecule has 0 radical (unpaired) electrons. The number of imidazole rings is 1. The van der Waals surface area contributed by atoms with E-state index in [0.29, 0.717) is 10.8 Å². The lowest BCUT2D eigenvalue weighted by atomic mass is 10.1. The van der Waals surface area contributed by atoms with Crippen molar-refractivity contribution in [1.82, 2.24) is 19.9 Å². The van der Waals surface area contributed by atoms with E-state index in [0.717, 1.165) is 5.56 Å². The van der Waals surface area contributed by atoms with Crippen molar-refractivity contribution in [3.63, 3.8) is 0 Å². The zero-order valence-electron chi connectivity index (χ0n) is 12.8. The third kappa shape index (κ3) is 3.81. The summed E-state index contributed by atoms with van der Waals surface area (Å²) in [6, 6.07) is 7.63. The number of hydrogen-bond acceptors (Lipinski definition) is 5. The first-order valence-corrected chi connectivity index (χ1v) is 7.58. The van der Waals surface area contributed by atoms with E-state index in [-0.39, 0.29) is 17.8 Å². The Hall–Kier alpha value is -3.26. The van der Waals surface area contributed by atoms with Gasteiger partial charge in [-0.3, -0.25) is 14.9 Å². The van der Waals surface area contributed by atoms with Crippen LogP contribution in [0.4, 0.5) is 5.69 Å². The van der Waals surface area contributed by atoms with Crippen LogP contribution < -0.4 is 5.32 Å². The van der Waals surface area contributed by atoms with Gasteiger partial charge in [-0.25, -0.2) is 9.97 Å². The Morgan fingerprint density at radius 2 is 2.16 bits per heavy atom. The Morgan fingerprint density at radius 3 is 2.80 bits per heavy atom. The highest BCUT2D eigenvalue weighted by molar-refractivity contribution is 6.29. The van der Waals surface area contributed by atoms with Gasteiger partial charge in [0.1, 0.15) is 10.8 Å². The Balaban J connectivity index is 1.79. The maximum atomic E-state index is 12.3. The molecule has 3 aromatic rings. The van der Waals surface area contributed by atoms with Gasteiger partial charge in [-0.05, 0) is 23.8 Å². The number of carbonyl (C=O) groups is 1. The number of nitrogens with one attached hydrogen (secondary N) is 1. The van der Waals surface area contributed by atoms with Gasteiger partial charge >= 0.3 is 0 Å². The summed E-state index contributed by atoms with van der Waals surface area (Å²) >= 11 is 5.71. The maximum absolute atomic E-state index is 12.3. The fourth-order valence-electron chi connectivity index (χ4n) is 2.23. The van der Waals surface area contributed by atoms with Crippen LogP contribution in [0.3, 0.4) is 0 Å². The number of nitro groups is 1. The van der Waals surface area contributed by atoms with Gasteiger partial charge in [0.15, 0.2) is 0 Å². The zero-order valence-corrected chi connectivity index (χ0v) is 13.6. The smallest absolute Gasteiger partial charge is 0.294 e. The molecule has 25 heavy (non-hydrogen) atoms. The molecule has 0 saturated carbocycles. The molecule has 3 rings (SSSR count). The van der Waals surface area contributed by atoms with Crippen molar-refractivity contribution in [3.8, 4) is 5.69 Å². The maximum Gasteiger partial charge on any atom is 0.294 e. The first kappa shape index (κ1) is 16.6. The quantitative estimate of drug-likeness (QED) is 0.429. The highest BCUT2D eigenvalue weighted by Gasteiger charge is 2.18. The second-order valence-electron chi connectivity index (χ2n) is 5.10. The molecule has 8 nitrogen and oxygen atoms in total. The van der Waals surface area contributed by atoms with E-state index >= 15 is 0 Å². The highest BCUT2D eigenvalue weighted by Crippen LogP contribution is 2.24. The molecule has 0 spiro atoms. The van der Waals surface area contributed by atoms with Crippen molar-refractivity contribution in [3.05, 3.63) is 81.6 Å². The predicted octanol–water partition coefficient (Wildman–Crippen LogP) is 2.76. The predicted molar refractivity (Wildman–Crippen MR) is 90.6 cm³/mol. The number of nitro benzene ring substituents is 1. The van der Waals surface area contributed by atoms with Crippen molar-refractivity contribution in [1.29, 1.82) is 0 Å². The van der Waals surface area contributed by atoms with Gasteiger partial charge in [0.25, 0.3) is 11.6 Å². The SMILES string of the molecule is O=C(NCc1ccc(Cl)nc1)c1ccc(-n2ccnc2)c([N+](=O)[O-])c1. The first-order chi connectivity index (χ1) is 12.0.